The summed E-state index contributed by atoms with van der Waals surface area (Å²) >= 11 is 5.83. The molecule has 0 saturated carbocycles. The predicted molar refractivity (Wildman–Crippen MR) is 58.6 cm³/mol. The van der Waals surface area contributed by atoms with E-state index in [1.807, 2.05) is 18.2 Å². The minimum atomic E-state index is 0.369. The Bertz CT molecular complexity index is 432. The van der Waals surface area contributed by atoms with Crippen LogP contribution in [0.5, 0.6) is 0 Å². The molecule has 2 aromatic heterocycles. The maximum absolute atomic E-state index is 5.83. The van der Waals surface area contributed by atoms with Gasteiger partial charge in [0.05, 0.1) is 12.2 Å². The summed E-state index contributed by atoms with van der Waals surface area (Å²) in [5.74, 6) is 0.574. The molecule has 0 unspecified atom stereocenters. The van der Waals surface area contributed by atoms with Crippen LogP contribution in [0.15, 0.2) is 36.8 Å². The Hall–Kier alpha value is -1.68. The Morgan fingerprint density at radius 3 is 2.67 bits per heavy atom. The Morgan fingerprint density at radius 2 is 1.93 bits per heavy atom. The second-order valence-corrected chi connectivity index (χ2v) is 3.23. The number of hydrogen-bond donors (Lipinski definition) is 1. The van der Waals surface area contributed by atoms with Crippen molar-refractivity contribution < 1.29 is 0 Å². The number of aromatic nitrogens is 3. The topological polar surface area (TPSA) is 50.7 Å². The maximum Gasteiger partial charge on any atom is 0.171 e. The van der Waals surface area contributed by atoms with Gasteiger partial charge >= 0.3 is 0 Å². The van der Waals surface area contributed by atoms with Gasteiger partial charge in [0.2, 0.25) is 0 Å². The molecule has 76 valence electrons. The van der Waals surface area contributed by atoms with Crippen molar-refractivity contribution in [3.8, 4) is 0 Å². The first-order valence-corrected chi connectivity index (χ1v) is 4.84. The van der Waals surface area contributed by atoms with E-state index in [0.29, 0.717) is 17.5 Å². The maximum atomic E-state index is 5.83. The first-order valence-electron chi connectivity index (χ1n) is 4.46. The Kier molecular flexibility index (Phi) is 3.09. The zero-order chi connectivity index (χ0) is 10.5. The normalized spacial score (nSPS) is 9.93. The third kappa shape index (κ3) is 2.63. The molecule has 0 spiro atoms. The van der Waals surface area contributed by atoms with Crippen molar-refractivity contribution in [1.82, 2.24) is 15.0 Å². The van der Waals surface area contributed by atoms with E-state index in [1.54, 1.807) is 18.6 Å². The monoisotopic (exact) mass is 220 g/mol. The van der Waals surface area contributed by atoms with Crippen molar-refractivity contribution in [3.63, 3.8) is 0 Å². The van der Waals surface area contributed by atoms with Gasteiger partial charge in [-0.05, 0) is 12.1 Å². The third-order valence-electron chi connectivity index (χ3n) is 1.82. The zero-order valence-electron chi connectivity index (χ0n) is 7.89. The average molecular weight is 221 g/mol. The van der Waals surface area contributed by atoms with Gasteiger partial charge < -0.3 is 5.32 Å². The molecule has 4 nitrogen and oxygen atoms in total. The van der Waals surface area contributed by atoms with Gasteiger partial charge in [-0.3, -0.25) is 4.98 Å². The summed E-state index contributed by atoms with van der Waals surface area (Å²) in [6, 6.07) is 5.73. The van der Waals surface area contributed by atoms with Gasteiger partial charge in [-0.1, -0.05) is 17.7 Å². The fraction of sp³-hybridized carbons (Fsp3) is 0.100. The second kappa shape index (κ2) is 4.70. The van der Waals surface area contributed by atoms with Gasteiger partial charge in [-0.2, -0.15) is 0 Å². The SMILES string of the molecule is Clc1nccnc1NCc1ccccn1. The lowest BCUT2D eigenvalue weighted by molar-refractivity contribution is 1.02. The van der Waals surface area contributed by atoms with Crippen LogP contribution >= 0.6 is 11.6 Å². The van der Waals surface area contributed by atoms with Gasteiger partial charge in [0.25, 0.3) is 0 Å². The summed E-state index contributed by atoms with van der Waals surface area (Å²) in [6.07, 6.45) is 4.89. The summed E-state index contributed by atoms with van der Waals surface area (Å²) in [6.45, 7) is 0.583. The molecule has 0 aliphatic heterocycles. The predicted octanol–water partition coefficient (Wildman–Crippen LogP) is 2.14. The van der Waals surface area contributed by atoms with Crippen LogP contribution in [-0.4, -0.2) is 15.0 Å². The van der Waals surface area contributed by atoms with Gasteiger partial charge in [-0.15, -0.1) is 0 Å². The molecule has 0 atom stereocenters. The van der Waals surface area contributed by atoms with E-state index in [4.69, 9.17) is 11.6 Å². The van der Waals surface area contributed by atoms with E-state index < -0.39 is 0 Å². The molecule has 0 fully saturated rings. The van der Waals surface area contributed by atoms with Crippen molar-refractivity contribution in [2.45, 2.75) is 6.54 Å². The molecule has 2 heterocycles. The number of rotatable bonds is 3. The van der Waals surface area contributed by atoms with Crippen molar-refractivity contribution in [3.05, 3.63) is 47.6 Å². The van der Waals surface area contributed by atoms with E-state index in [2.05, 4.69) is 20.3 Å². The largest absolute Gasteiger partial charge is 0.362 e. The van der Waals surface area contributed by atoms with E-state index in [9.17, 15) is 0 Å². The average Bonchev–Trinajstić information content (AvgIpc) is 2.29. The summed E-state index contributed by atoms with van der Waals surface area (Å²) < 4.78 is 0. The number of nitrogens with one attached hydrogen (secondary N) is 1. The molecular formula is C10H9ClN4. The Balaban J connectivity index is 2.03. The lowest BCUT2D eigenvalue weighted by atomic mass is 10.3. The van der Waals surface area contributed by atoms with Gasteiger partial charge in [-0.25, -0.2) is 9.97 Å². The molecule has 0 aromatic carbocycles. The number of nitrogens with zero attached hydrogens (tertiary/aromatic N) is 3. The van der Waals surface area contributed by atoms with E-state index >= 15 is 0 Å². The number of hydrogen-bond acceptors (Lipinski definition) is 4. The molecule has 2 rings (SSSR count). The zero-order valence-corrected chi connectivity index (χ0v) is 8.65. The van der Waals surface area contributed by atoms with Crippen LogP contribution < -0.4 is 5.32 Å². The molecule has 5 heteroatoms. The van der Waals surface area contributed by atoms with E-state index in [1.165, 1.54) is 0 Å². The minimum absolute atomic E-state index is 0.369. The molecule has 0 amide bonds. The van der Waals surface area contributed by atoms with Crippen molar-refractivity contribution in [2.75, 3.05) is 5.32 Å². The first kappa shape index (κ1) is 9.86. The summed E-state index contributed by atoms with van der Waals surface area (Å²) in [7, 11) is 0. The molecule has 0 aliphatic carbocycles. The molecule has 2 aromatic rings. The molecule has 0 radical (unpaired) electrons. The van der Waals surface area contributed by atoms with Gasteiger partial charge in [0.15, 0.2) is 11.0 Å². The standard InChI is InChI=1S/C10H9ClN4/c11-9-10(14-6-5-13-9)15-7-8-3-1-2-4-12-8/h1-6H,7H2,(H,14,15). The highest BCUT2D eigenvalue weighted by atomic mass is 35.5. The third-order valence-corrected chi connectivity index (χ3v) is 2.09. The molecule has 1 N–H and O–H groups in total. The van der Waals surface area contributed by atoms with Crippen molar-refractivity contribution >= 4 is 17.4 Å². The van der Waals surface area contributed by atoms with Crippen LogP contribution in [0, 0.1) is 0 Å². The second-order valence-electron chi connectivity index (χ2n) is 2.87. The highest BCUT2D eigenvalue weighted by molar-refractivity contribution is 6.31. The molecule has 0 bridgehead atoms. The fourth-order valence-electron chi connectivity index (χ4n) is 1.12. The van der Waals surface area contributed by atoms with Crippen LogP contribution in [0.1, 0.15) is 5.69 Å². The van der Waals surface area contributed by atoms with Gasteiger partial charge in [0.1, 0.15) is 0 Å². The minimum Gasteiger partial charge on any atom is -0.362 e. The number of anilines is 1. The van der Waals surface area contributed by atoms with Crippen LogP contribution in [0.4, 0.5) is 5.82 Å². The van der Waals surface area contributed by atoms with Gasteiger partial charge in [0, 0.05) is 18.6 Å². The first-order chi connectivity index (χ1) is 7.36. The molecular weight excluding hydrogens is 212 g/mol. The van der Waals surface area contributed by atoms with E-state index in [0.717, 1.165) is 5.69 Å². The van der Waals surface area contributed by atoms with Crippen LogP contribution in [0.3, 0.4) is 0 Å². The van der Waals surface area contributed by atoms with Crippen molar-refractivity contribution in [1.29, 1.82) is 0 Å². The summed E-state index contributed by atoms with van der Waals surface area (Å²) in [5.41, 5.74) is 0.930. The molecule has 0 saturated heterocycles. The van der Waals surface area contributed by atoms with Crippen LogP contribution in [0.25, 0.3) is 0 Å². The van der Waals surface area contributed by atoms with Crippen LogP contribution in [0.2, 0.25) is 5.15 Å². The smallest absolute Gasteiger partial charge is 0.171 e. The molecule has 0 aliphatic rings. The number of halogens is 1. The lowest BCUT2D eigenvalue weighted by Gasteiger charge is -2.05. The van der Waals surface area contributed by atoms with Crippen molar-refractivity contribution in [2.24, 2.45) is 0 Å². The van der Waals surface area contributed by atoms with Crippen LogP contribution in [-0.2, 0) is 6.54 Å². The van der Waals surface area contributed by atoms with E-state index in [-0.39, 0.29) is 0 Å². The highest BCUT2D eigenvalue weighted by Gasteiger charge is 2.00. The highest BCUT2D eigenvalue weighted by Crippen LogP contribution is 2.14. The quantitative estimate of drug-likeness (QED) is 0.861. The Morgan fingerprint density at radius 1 is 1.07 bits per heavy atom. The fourth-order valence-corrected chi connectivity index (χ4v) is 1.29. The lowest BCUT2D eigenvalue weighted by Crippen LogP contribution is -2.03. The summed E-state index contributed by atoms with van der Waals surface area (Å²) in [5, 5.41) is 3.43. The molecule has 15 heavy (non-hydrogen) atoms. The summed E-state index contributed by atoms with van der Waals surface area (Å²) in [4.78, 5) is 12.1. The number of pyridine rings is 1. The Labute approximate surface area is 92.4 Å².